The van der Waals surface area contributed by atoms with E-state index in [1.165, 1.54) is 17.0 Å². The molecular formula is C13H13FN2O4. The topological polar surface area (TPSA) is 86.7 Å². The molecule has 106 valence electrons. The minimum Gasteiger partial charge on any atom is -0.478 e. The maximum atomic E-state index is 13.7. The summed E-state index contributed by atoms with van der Waals surface area (Å²) in [4.78, 5) is 35.2. The van der Waals surface area contributed by atoms with Crippen LogP contribution in [0.25, 0.3) is 0 Å². The van der Waals surface area contributed by atoms with Crippen LogP contribution in [0.3, 0.4) is 0 Å². The third-order valence-corrected chi connectivity index (χ3v) is 3.20. The smallest absolute Gasteiger partial charge is 0.335 e. The number of aromatic carboxylic acids is 1. The number of amides is 2. The maximum absolute atomic E-state index is 13.7. The first-order valence-electron chi connectivity index (χ1n) is 5.98. The number of benzene rings is 1. The van der Waals surface area contributed by atoms with E-state index in [2.05, 4.69) is 5.32 Å². The quantitative estimate of drug-likeness (QED) is 0.781. The van der Waals surface area contributed by atoms with Gasteiger partial charge in [0, 0.05) is 12.1 Å². The van der Waals surface area contributed by atoms with Crippen molar-refractivity contribution in [2.45, 2.75) is 19.5 Å². The number of carbonyl (C=O) groups excluding carboxylic acids is 2. The fourth-order valence-electron chi connectivity index (χ4n) is 2.01. The predicted octanol–water partition coefficient (Wildman–Crippen LogP) is 0.371. The Labute approximate surface area is 114 Å². The van der Waals surface area contributed by atoms with Crippen LogP contribution in [0.5, 0.6) is 0 Å². The van der Waals surface area contributed by atoms with Crippen molar-refractivity contribution in [3.05, 3.63) is 35.1 Å². The fraction of sp³-hybridized carbons (Fsp3) is 0.308. The number of carbonyl (C=O) groups is 3. The largest absolute Gasteiger partial charge is 0.478 e. The highest BCUT2D eigenvalue weighted by Gasteiger charge is 2.30. The number of nitrogens with one attached hydrogen (secondary N) is 1. The van der Waals surface area contributed by atoms with E-state index in [9.17, 15) is 18.8 Å². The van der Waals surface area contributed by atoms with E-state index < -0.39 is 29.6 Å². The highest BCUT2D eigenvalue weighted by Crippen LogP contribution is 2.16. The van der Waals surface area contributed by atoms with Crippen LogP contribution in [0.1, 0.15) is 22.8 Å². The van der Waals surface area contributed by atoms with Gasteiger partial charge in [0.05, 0.1) is 18.2 Å². The lowest BCUT2D eigenvalue weighted by molar-refractivity contribution is -0.139. The number of hydrogen-bond acceptors (Lipinski definition) is 4. The molecule has 20 heavy (non-hydrogen) atoms. The SMILES string of the molecule is CC1C(=O)NC(=O)CN1Cc1cc(C(=O)O)ccc1F. The molecule has 2 N–H and O–H groups in total. The molecule has 2 amide bonds. The molecule has 1 saturated heterocycles. The zero-order valence-corrected chi connectivity index (χ0v) is 10.7. The summed E-state index contributed by atoms with van der Waals surface area (Å²) < 4.78 is 13.7. The van der Waals surface area contributed by atoms with Gasteiger partial charge in [-0.05, 0) is 25.1 Å². The Morgan fingerprint density at radius 1 is 1.50 bits per heavy atom. The van der Waals surface area contributed by atoms with Crippen molar-refractivity contribution in [3.63, 3.8) is 0 Å². The van der Waals surface area contributed by atoms with Crippen LogP contribution in [-0.2, 0) is 16.1 Å². The van der Waals surface area contributed by atoms with Crippen molar-refractivity contribution in [3.8, 4) is 0 Å². The Morgan fingerprint density at radius 3 is 2.85 bits per heavy atom. The zero-order chi connectivity index (χ0) is 14.9. The Balaban J connectivity index is 2.24. The molecule has 6 nitrogen and oxygen atoms in total. The van der Waals surface area contributed by atoms with Gasteiger partial charge in [-0.3, -0.25) is 19.8 Å². The van der Waals surface area contributed by atoms with Crippen LogP contribution in [0, 0.1) is 5.82 Å². The second kappa shape index (κ2) is 5.38. The van der Waals surface area contributed by atoms with Gasteiger partial charge < -0.3 is 5.11 Å². The highest BCUT2D eigenvalue weighted by molar-refractivity contribution is 6.00. The summed E-state index contributed by atoms with van der Waals surface area (Å²) in [5.74, 6) is -2.63. The first kappa shape index (κ1) is 14.1. The third kappa shape index (κ3) is 2.83. The molecule has 0 aromatic heterocycles. The summed E-state index contributed by atoms with van der Waals surface area (Å²) in [5.41, 5.74) is 0.0982. The van der Waals surface area contributed by atoms with Crippen LogP contribution >= 0.6 is 0 Å². The van der Waals surface area contributed by atoms with Gasteiger partial charge in [0.2, 0.25) is 11.8 Å². The normalized spacial score (nSPS) is 19.8. The Bertz CT molecular complexity index is 588. The van der Waals surface area contributed by atoms with Crippen molar-refractivity contribution in [1.29, 1.82) is 0 Å². The molecule has 1 fully saturated rings. The molecule has 1 unspecified atom stereocenters. The van der Waals surface area contributed by atoms with Crippen molar-refractivity contribution in [2.24, 2.45) is 0 Å². The summed E-state index contributed by atoms with van der Waals surface area (Å²) in [6.07, 6.45) is 0. The molecule has 1 aliphatic heterocycles. The van der Waals surface area contributed by atoms with Crippen LogP contribution in [0.15, 0.2) is 18.2 Å². The molecule has 2 rings (SSSR count). The average molecular weight is 280 g/mol. The second-order valence-corrected chi connectivity index (χ2v) is 4.60. The van der Waals surface area contributed by atoms with E-state index >= 15 is 0 Å². The van der Waals surface area contributed by atoms with Gasteiger partial charge in [0.25, 0.3) is 0 Å². The maximum Gasteiger partial charge on any atom is 0.335 e. The molecular weight excluding hydrogens is 267 g/mol. The van der Waals surface area contributed by atoms with Gasteiger partial charge in [0.1, 0.15) is 5.82 Å². The molecule has 1 heterocycles. The number of hydrogen-bond donors (Lipinski definition) is 2. The molecule has 0 aliphatic carbocycles. The summed E-state index contributed by atoms with van der Waals surface area (Å²) in [6.45, 7) is 1.55. The summed E-state index contributed by atoms with van der Waals surface area (Å²) in [6, 6.07) is 2.86. The van der Waals surface area contributed by atoms with E-state index in [4.69, 9.17) is 5.11 Å². The molecule has 1 aliphatic rings. The van der Waals surface area contributed by atoms with E-state index in [-0.39, 0.29) is 24.2 Å². The Hall–Kier alpha value is -2.28. The van der Waals surface area contributed by atoms with Crippen LogP contribution in [0.4, 0.5) is 4.39 Å². The number of nitrogens with zero attached hydrogens (tertiary/aromatic N) is 1. The van der Waals surface area contributed by atoms with Gasteiger partial charge in [-0.15, -0.1) is 0 Å². The van der Waals surface area contributed by atoms with Crippen LogP contribution in [-0.4, -0.2) is 40.4 Å². The zero-order valence-electron chi connectivity index (χ0n) is 10.7. The summed E-state index contributed by atoms with van der Waals surface area (Å²) in [5, 5.41) is 11.1. The first-order valence-corrected chi connectivity index (χ1v) is 5.98. The van der Waals surface area contributed by atoms with E-state index in [0.717, 1.165) is 6.07 Å². The predicted molar refractivity (Wildman–Crippen MR) is 66.4 cm³/mol. The van der Waals surface area contributed by atoms with E-state index in [1.807, 2.05) is 0 Å². The number of imide groups is 1. The lowest BCUT2D eigenvalue weighted by Crippen LogP contribution is -2.56. The molecule has 0 radical (unpaired) electrons. The van der Waals surface area contributed by atoms with Gasteiger partial charge in [-0.1, -0.05) is 0 Å². The summed E-state index contributed by atoms with van der Waals surface area (Å²) >= 11 is 0. The molecule has 7 heteroatoms. The van der Waals surface area contributed by atoms with Crippen molar-refractivity contribution < 1.29 is 23.9 Å². The lowest BCUT2D eigenvalue weighted by Gasteiger charge is -2.31. The standard InChI is InChI=1S/C13H13FN2O4/c1-7-12(18)15-11(17)6-16(7)5-9-4-8(13(19)20)2-3-10(9)14/h2-4,7H,5-6H2,1H3,(H,19,20)(H,15,17,18). The number of carboxylic acid groups (broad SMARTS) is 1. The minimum absolute atomic E-state index is 0.00667. The number of piperazine rings is 1. The second-order valence-electron chi connectivity index (χ2n) is 4.60. The Kier molecular flexibility index (Phi) is 3.80. The minimum atomic E-state index is -1.16. The monoisotopic (exact) mass is 280 g/mol. The van der Waals surface area contributed by atoms with Crippen molar-refractivity contribution >= 4 is 17.8 Å². The van der Waals surface area contributed by atoms with Gasteiger partial charge in [0.15, 0.2) is 0 Å². The number of carboxylic acids is 1. The highest BCUT2D eigenvalue weighted by atomic mass is 19.1. The van der Waals surface area contributed by atoms with Gasteiger partial charge in [-0.25, -0.2) is 9.18 Å². The van der Waals surface area contributed by atoms with Gasteiger partial charge in [-0.2, -0.15) is 0 Å². The molecule has 1 atom stereocenters. The van der Waals surface area contributed by atoms with Crippen LogP contribution < -0.4 is 5.32 Å². The summed E-state index contributed by atoms with van der Waals surface area (Å²) in [7, 11) is 0. The number of rotatable bonds is 3. The fourth-order valence-corrected chi connectivity index (χ4v) is 2.01. The first-order chi connectivity index (χ1) is 9.38. The van der Waals surface area contributed by atoms with Gasteiger partial charge >= 0.3 is 5.97 Å². The lowest BCUT2D eigenvalue weighted by atomic mass is 10.1. The molecule has 0 spiro atoms. The Morgan fingerprint density at radius 2 is 2.20 bits per heavy atom. The third-order valence-electron chi connectivity index (χ3n) is 3.20. The number of halogens is 1. The van der Waals surface area contributed by atoms with Crippen LogP contribution in [0.2, 0.25) is 0 Å². The molecule has 1 aromatic rings. The average Bonchev–Trinajstić information content (AvgIpc) is 2.37. The van der Waals surface area contributed by atoms with E-state index in [0.29, 0.717) is 0 Å². The molecule has 0 bridgehead atoms. The van der Waals surface area contributed by atoms with E-state index in [1.54, 1.807) is 6.92 Å². The van der Waals surface area contributed by atoms with Crippen molar-refractivity contribution in [2.75, 3.05) is 6.54 Å². The molecule has 1 aromatic carbocycles. The van der Waals surface area contributed by atoms with Crippen molar-refractivity contribution in [1.82, 2.24) is 10.2 Å². The molecule has 0 saturated carbocycles.